The summed E-state index contributed by atoms with van der Waals surface area (Å²) in [5.41, 5.74) is 1.14. The molecule has 0 amide bonds. The maximum atomic E-state index is 6.67. The Bertz CT molecular complexity index is 391. The molecular weight excluding hydrogens is 284 g/mol. The van der Waals surface area contributed by atoms with Gasteiger partial charge in [0.2, 0.25) is 0 Å². The van der Waals surface area contributed by atoms with Crippen LogP contribution in [0.5, 0.6) is 0 Å². The van der Waals surface area contributed by atoms with Crippen molar-refractivity contribution in [2.45, 2.75) is 77.4 Å². The molecule has 0 heterocycles. The summed E-state index contributed by atoms with van der Waals surface area (Å²) in [5, 5.41) is 0. The van der Waals surface area contributed by atoms with E-state index in [-0.39, 0.29) is 0 Å². The van der Waals surface area contributed by atoms with Gasteiger partial charge in [-0.25, -0.2) is 0 Å². The minimum absolute atomic E-state index is 0.899. The molecule has 1 aromatic carbocycles. The van der Waals surface area contributed by atoms with Crippen molar-refractivity contribution in [3.63, 3.8) is 0 Å². The van der Waals surface area contributed by atoms with Gasteiger partial charge in [-0.3, -0.25) is 0 Å². The molecule has 0 aliphatic carbocycles. The summed E-state index contributed by atoms with van der Waals surface area (Å²) in [6, 6.07) is 14.3. The third kappa shape index (κ3) is 6.39. The Kier molecular flexibility index (Phi) is 9.22. The second-order valence-electron chi connectivity index (χ2n) is 6.38. The van der Waals surface area contributed by atoms with Crippen LogP contribution in [0.25, 0.3) is 5.76 Å². The van der Waals surface area contributed by atoms with Gasteiger partial charge in [-0.1, -0.05) is 96.2 Å². The molecule has 0 aromatic heterocycles. The lowest BCUT2D eigenvalue weighted by Crippen LogP contribution is -2.37. The van der Waals surface area contributed by atoms with Gasteiger partial charge in [0.15, 0.2) is 0 Å². The van der Waals surface area contributed by atoms with E-state index in [9.17, 15) is 0 Å². The van der Waals surface area contributed by atoms with E-state index in [1.807, 2.05) is 6.07 Å². The van der Waals surface area contributed by atoms with E-state index in [0.29, 0.717) is 0 Å². The van der Waals surface area contributed by atoms with Gasteiger partial charge in [0.1, 0.15) is 5.76 Å². The van der Waals surface area contributed by atoms with Crippen LogP contribution in [0.2, 0.25) is 18.1 Å². The van der Waals surface area contributed by atoms with Crippen molar-refractivity contribution >= 4 is 14.1 Å². The van der Waals surface area contributed by atoms with Crippen LogP contribution < -0.4 is 0 Å². The first-order valence-corrected chi connectivity index (χ1v) is 11.6. The number of hydrogen-bond acceptors (Lipinski definition) is 1. The fraction of sp³-hybridized carbons (Fsp3) is 0.600. The van der Waals surface area contributed by atoms with Gasteiger partial charge in [0.25, 0.3) is 8.32 Å². The van der Waals surface area contributed by atoms with Gasteiger partial charge in [0.05, 0.1) is 0 Å². The van der Waals surface area contributed by atoms with Gasteiger partial charge in [0, 0.05) is 5.56 Å². The molecule has 0 aliphatic rings. The average molecular weight is 319 g/mol. The monoisotopic (exact) mass is 318 g/mol. The van der Waals surface area contributed by atoms with Gasteiger partial charge >= 0.3 is 0 Å². The summed E-state index contributed by atoms with van der Waals surface area (Å²) in [6.07, 6.45) is 7.65. The summed E-state index contributed by atoms with van der Waals surface area (Å²) in [6.45, 7) is 11.1. The highest BCUT2D eigenvalue weighted by atomic mass is 28.4. The molecule has 1 rings (SSSR count). The third-order valence-corrected chi connectivity index (χ3v) is 8.87. The minimum Gasteiger partial charge on any atom is -0.543 e. The minimum atomic E-state index is -1.70. The van der Waals surface area contributed by atoms with E-state index in [1.54, 1.807) is 0 Å². The van der Waals surface area contributed by atoms with Crippen molar-refractivity contribution in [1.82, 2.24) is 0 Å². The lowest BCUT2D eigenvalue weighted by molar-refractivity contribution is 0.475. The van der Waals surface area contributed by atoms with Crippen LogP contribution in [0.3, 0.4) is 0 Å². The molecule has 0 spiro atoms. The highest BCUT2D eigenvalue weighted by Gasteiger charge is 2.35. The summed E-state index contributed by atoms with van der Waals surface area (Å²) in [5.74, 6) is 0.899. The van der Waals surface area contributed by atoms with E-state index in [4.69, 9.17) is 4.43 Å². The SMILES string of the molecule is C=C(O[Si](CCCC)(CCCC)CCCC)c1ccccc1. The lowest BCUT2D eigenvalue weighted by atomic mass is 10.2. The molecule has 0 saturated heterocycles. The Balaban J connectivity index is 2.86. The van der Waals surface area contributed by atoms with Crippen LogP contribution in [0.4, 0.5) is 0 Å². The number of unbranched alkanes of at least 4 members (excludes halogenated alkanes) is 3. The quantitative estimate of drug-likeness (QED) is 0.297. The first kappa shape index (κ1) is 19.0. The van der Waals surface area contributed by atoms with Crippen LogP contribution >= 0.6 is 0 Å². The standard InChI is InChI=1S/C20H34OSi/c1-5-8-16-22(17-9-6-2,18-10-7-3)21-19(4)20-14-12-11-13-15-20/h11-15H,4-10,16-18H2,1-3H3. The Hall–Kier alpha value is -1.02. The summed E-state index contributed by atoms with van der Waals surface area (Å²) >= 11 is 0. The Morgan fingerprint density at radius 3 is 1.73 bits per heavy atom. The van der Waals surface area contributed by atoms with Gasteiger partial charge in [-0.05, 0) is 18.1 Å². The highest BCUT2D eigenvalue weighted by Crippen LogP contribution is 2.33. The van der Waals surface area contributed by atoms with Crippen molar-refractivity contribution in [3.05, 3.63) is 42.5 Å². The zero-order valence-corrected chi connectivity index (χ0v) is 15.9. The van der Waals surface area contributed by atoms with E-state index < -0.39 is 8.32 Å². The third-order valence-electron chi connectivity index (χ3n) is 4.39. The van der Waals surface area contributed by atoms with Crippen LogP contribution in [0.15, 0.2) is 36.9 Å². The first-order valence-electron chi connectivity index (χ1n) is 9.10. The Morgan fingerprint density at radius 2 is 1.32 bits per heavy atom. The molecule has 0 N–H and O–H groups in total. The molecule has 0 atom stereocenters. The molecule has 22 heavy (non-hydrogen) atoms. The molecule has 124 valence electrons. The fourth-order valence-corrected chi connectivity index (χ4v) is 7.66. The van der Waals surface area contributed by atoms with Crippen molar-refractivity contribution in [2.24, 2.45) is 0 Å². The van der Waals surface area contributed by atoms with Crippen LogP contribution in [0.1, 0.15) is 64.9 Å². The van der Waals surface area contributed by atoms with E-state index in [2.05, 4.69) is 51.6 Å². The zero-order chi connectivity index (χ0) is 16.3. The number of benzene rings is 1. The summed E-state index contributed by atoms with van der Waals surface area (Å²) < 4.78 is 6.67. The van der Waals surface area contributed by atoms with Crippen molar-refractivity contribution in [1.29, 1.82) is 0 Å². The molecule has 0 unspecified atom stereocenters. The van der Waals surface area contributed by atoms with Gasteiger partial charge in [-0.15, -0.1) is 0 Å². The predicted molar refractivity (Wildman–Crippen MR) is 101 cm³/mol. The van der Waals surface area contributed by atoms with Crippen LogP contribution in [0, 0.1) is 0 Å². The van der Waals surface area contributed by atoms with Crippen LogP contribution in [-0.4, -0.2) is 8.32 Å². The zero-order valence-electron chi connectivity index (χ0n) is 14.9. The van der Waals surface area contributed by atoms with Crippen LogP contribution in [-0.2, 0) is 4.43 Å². The second-order valence-corrected chi connectivity index (χ2v) is 10.5. The Labute approximate surface area is 138 Å². The van der Waals surface area contributed by atoms with E-state index in [1.165, 1.54) is 56.7 Å². The van der Waals surface area contributed by atoms with Crippen molar-refractivity contribution in [3.8, 4) is 0 Å². The molecule has 0 radical (unpaired) electrons. The number of hydrogen-bond donors (Lipinski definition) is 0. The van der Waals surface area contributed by atoms with Crippen molar-refractivity contribution in [2.75, 3.05) is 0 Å². The summed E-state index contributed by atoms with van der Waals surface area (Å²) in [4.78, 5) is 0. The van der Waals surface area contributed by atoms with Gasteiger partial charge < -0.3 is 4.43 Å². The Morgan fingerprint density at radius 1 is 0.864 bits per heavy atom. The predicted octanol–water partition coefficient (Wildman–Crippen LogP) is 7.02. The average Bonchev–Trinajstić information content (AvgIpc) is 2.56. The molecule has 0 fully saturated rings. The topological polar surface area (TPSA) is 9.23 Å². The van der Waals surface area contributed by atoms with E-state index in [0.717, 1.165) is 11.3 Å². The molecule has 0 saturated carbocycles. The van der Waals surface area contributed by atoms with E-state index >= 15 is 0 Å². The molecule has 2 heteroatoms. The largest absolute Gasteiger partial charge is 0.543 e. The fourth-order valence-electron chi connectivity index (χ4n) is 2.97. The molecule has 1 aromatic rings. The number of rotatable bonds is 12. The maximum Gasteiger partial charge on any atom is 0.251 e. The first-order chi connectivity index (χ1) is 10.7. The maximum absolute atomic E-state index is 6.67. The molecule has 0 bridgehead atoms. The molecular formula is C20H34OSi. The molecule has 1 nitrogen and oxygen atoms in total. The highest BCUT2D eigenvalue weighted by molar-refractivity contribution is 6.74. The summed E-state index contributed by atoms with van der Waals surface area (Å²) in [7, 11) is -1.70. The molecule has 0 aliphatic heterocycles. The normalized spacial score (nSPS) is 11.4. The second kappa shape index (κ2) is 10.7. The van der Waals surface area contributed by atoms with Crippen molar-refractivity contribution < 1.29 is 4.43 Å². The lowest BCUT2D eigenvalue weighted by Gasteiger charge is -2.33. The van der Waals surface area contributed by atoms with Gasteiger partial charge in [-0.2, -0.15) is 0 Å². The smallest absolute Gasteiger partial charge is 0.251 e.